The van der Waals surface area contributed by atoms with Crippen molar-refractivity contribution in [2.45, 2.75) is 11.5 Å². The van der Waals surface area contributed by atoms with E-state index < -0.39 is 0 Å². The Morgan fingerprint density at radius 2 is 2.00 bits per heavy atom. The van der Waals surface area contributed by atoms with Crippen LogP contribution < -0.4 is 5.32 Å². The highest BCUT2D eigenvalue weighted by Gasteiger charge is 2.19. The zero-order valence-electron chi connectivity index (χ0n) is 13.9. The number of benzene rings is 1. The van der Waals surface area contributed by atoms with Gasteiger partial charge in [-0.3, -0.25) is 9.59 Å². The summed E-state index contributed by atoms with van der Waals surface area (Å²) in [6.07, 6.45) is 1.94. The van der Waals surface area contributed by atoms with E-state index in [1.165, 1.54) is 4.90 Å². The lowest BCUT2D eigenvalue weighted by atomic mass is 10.3. The maximum atomic E-state index is 12.3. The van der Waals surface area contributed by atoms with Gasteiger partial charge in [0.25, 0.3) is 5.91 Å². The summed E-state index contributed by atoms with van der Waals surface area (Å²) in [5, 5.41) is 2.82. The maximum Gasteiger partial charge on any atom is 0.289 e. The molecule has 2 amide bonds. The predicted molar refractivity (Wildman–Crippen MR) is 93.2 cm³/mol. The highest BCUT2D eigenvalue weighted by atomic mass is 32.2. The SMILES string of the molecule is COCc1ccc(C(=O)N(C)CC(=O)Nc2ccccc2SC)o1. The first kappa shape index (κ1) is 18.1. The molecule has 1 heterocycles. The molecule has 128 valence electrons. The summed E-state index contributed by atoms with van der Waals surface area (Å²) in [6.45, 7) is 0.227. The Hall–Kier alpha value is -2.25. The van der Waals surface area contributed by atoms with Gasteiger partial charge in [0.15, 0.2) is 5.76 Å². The third-order valence-corrected chi connectivity index (χ3v) is 4.06. The molecular weight excluding hydrogens is 328 g/mol. The van der Waals surface area contributed by atoms with Crippen molar-refractivity contribution in [2.24, 2.45) is 0 Å². The average molecular weight is 348 g/mol. The zero-order valence-corrected chi connectivity index (χ0v) is 14.7. The number of carbonyl (C=O) groups excluding carboxylic acids is 2. The quantitative estimate of drug-likeness (QED) is 0.779. The summed E-state index contributed by atoms with van der Waals surface area (Å²) < 4.78 is 10.3. The van der Waals surface area contributed by atoms with Crippen molar-refractivity contribution in [3.63, 3.8) is 0 Å². The third kappa shape index (κ3) is 4.62. The smallest absolute Gasteiger partial charge is 0.289 e. The monoisotopic (exact) mass is 348 g/mol. The highest BCUT2D eigenvalue weighted by Crippen LogP contribution is 2.24. The molecule has 0 bridgehead atoms. The number of furan rings is 1. The number of anilines is 1. The second-order valence-corrected chi connectivity index (χ2v) is 5.96. The molecule has 0 atom stereocenters. The standard InChI is InChI=1S/C17H20N2O4S/c1-19(17(21)14-9-8-12(23-14)11-22-2)10-16(20)18-13-6-4-5-7-15(13)24-3/h4-9H,10-11H2,1-3H3,(H,18,20). The van der Waals surface area contributed by atoms with Crippen LogP contribution in [-0.2, 0) is 16.1 Å². The number of hydrogen-bond acceptors (Lipinski definition) is 5. The molecule has 0 saturated heterocycles. The summed E-state index contributed by atoms with van der Waals surface area (Å²) in [4.78, 5) is 26.7. The van der Waals surface area contributed by atoms with Crippen LogP contribution in [0.2, 0.25) is 0 Å². The first-order chi connectivity index (χ1) is 11.5. The number of ether oxygens (including phenoxy) is 1. The number of nitrogens with zero attached hydrogens (tertiary/aromatic N) is 1. The minimum absolute atomic E-state index is 0.0676. The number of methoxy groups -OCH3 is 1. The molecule has 1 aromatic carbocycles. The fourth-order valence-corrected chi connectivity index (χ4v) is 2.68. The molecule has 0 saturated carbocycles. The van der Waals surface area contributed by atoms with Crippen molar-refractivity contribution in [3.05, 3.63) is 47.9 Å². The Morgan fingerprint density at radius 1 is 1.25 bits per heavy atom. The lowest BCUT2D eigenvalue weighted by molar-refractivity contribution is -0.116. The molecule has 0 unspecified atom stereocenters. The van der Waals surface area contributed by atoms with Gasteiger partial charge in [-0.1, -0.05) is 12.1 Å². The Balaban J connectivity index is 1.96. The molecule has 7 heteroatoms. The predicted octanol–water partition coefficient (Wildman–Crippen LogP) is 2.86. The van der Waals surface area contributed by atoms with E-state index in [4.69, 9.17) is 9.15 Å². The Morgan fingerprint density at radius 3 is 2.71 bits per heavy atom. The molecular formula is C17H20N2O4S. The zero-order chi connectivity index (χ0) is 17.5. The van der Waals surface area contributed by atoms with E-state index >= 15 is 0 Å². The molecule has 6 nitrogen and oxygen atoms in total. The number of likely N-dealkylation sites (N-methyl/N-ethyl adjacent to an activating group) is 1. The minimum atomic E-state index is -0.356. The third-order valence-electron chi connectivity index (χ3n) is 3.27. The van der Waals surface area contributed by atoms with Crippen LogP contribution in [0.1, 0.15) is 16.3 Å². The molecule has 2 rings (SSSR count). The van der Waals surface area contributed by atoms with E-state index in [-0.39, 0.29) is 24.1 Å². The Labute approximate surface area is 145 Å². The first-order valence-corrected chi connectivity index (χ1v) is 8.53. The van der Waals surface area contributed by atoms with Crippen LogP contribution in [0.25, 0.3) is 0 Å². The van der Waals surface area contributed by atoms with Gasteiger partial charge < -0.3 is 19.4 Å². The second-order valence-electron chi connectivity index (χ2n) is 5.11. The van der Waals surface area contributed by atoms with Gasteiger partial charge in [-0.2, -0.15) is 0 Å². The van der Waals surface area contributed by atoms with Crippen LogP contribution in [0.15, 0.2) is 45.7 Å². The minimum Gasteiger partial charge on any atom is -0.453 e. The number of carbonyl (C=O) groups is 2. The van der Waals surface area contributed by atoms with Gasteiger partial charge in [-0.05, 0) is 30.5 Å². The van der Waals surface area contributed by atoms with Gasteiger partial charge in [0, 0.05) is 19.1 Å². The molecule has 0 radical (unpaired) electrons. The van der Waals surface area contributed by atoms with Crippen LogP contribution in [0.5, 0.6) is 0 Å². The van der Waals surface area contributed by atoms with E-state index in [2.05, 4.69) is 5.32 Å². The molecule has 0 spiro atoms. The van der Waals surface area contributed by atoms with Crippen LogP contribution in [0, 0.1) is 0 Å². The highest BCUT2D eigenvalue weighted by molar-refractivity contribution is 7.98. The summed E-state index contributed by atoms with van der Waals surface area (Å²) >= 11 is 1.54. The average Bonchev–Trinajstić information content (AvgIpc) is 3.03. The molecule has 1 N–H and O–H groups in total. The van der Waals surface area contributed by atoms with Crippen molar-refractivity contribution in [1.29, 1.82) is 0 Å². The van der Waals surface area contributed by atoms with E-state index in [0.717, 1.165) is 10.6 Å². The Kier molecular flexibility index (Phi) is 6.45. The number of thioether (sulfide) groups is 1. The van der Waals surface area contributed by atoms with E-state index in [1.807, 2.05) is 30.5 Å². The van der Waals surface area contributed by atoms with Crippen LogP contribution in [0.4, 0.5) is 5.69 Å². The van der Waals surface area contributed by atoms with Gasteiger partial charge in [-0.25, -0.2) is 0 Å². The molecule has 1 aromatic heterocycles. The summed E-state index contributed by atoms with van der Waals surface area (Å²) in [5.74, 6) is 0.121. The fraction of sp³-hybridized carbons (Fsp3) is 0.294. The van der Waals surface area contributed by atoms with Crippen molar-refractivity contribution in [1.82, 2.24) is 4.90 Å². The fourth-order valence-electron chi connectivity index (χ4n) is 2.13. The molecule has 0 aliphatic heterocycles. The van der Waals surface area contributed by atoms with E-state index in [0.29, 0.717) is 12.4 Å². The molecule has 24 heavy (non-hydrogen) atoms. The largest absolute Gasteiger partial charge is 0.453 e. The second kappa shape index (κ2) is 8.56. The van der Waals surface area contributed by atoms with E-state index in [1.54, 1.807) is 38.1 Å². The first-order valence-electron chi connectivity index (χ1n) is 7.31. The Bertz CT molecular complexity index is 714. The van der Waals surface area contributed by atoms with Gasteiger partial charge >= 0.3 is 0 Å². The topological polar surface area (TPSA) is 71.8 Å². The normalized spacial score (nSPS) is 10.5. The van der Waals surface area contributed by atoms with Gasteiger partial charge in [-0.15, -0.1) is 11.8 Å². The molecule has 0 fully saturated rings. The van der Waals surface area contributed by atoms with Crippen molar-refractivity contribution >= 4 is 29.3 Å². The van der Waals surface area contributed by atoms with Crippen molar-refractivity contribution in [3.8, 4) is 0 Å². The summed E-state index contributed by atoms with van der Waals surface area (Å²) in [6, 6.07) is 10.8. The summed E-state index contributed by atoms with van der Waals surface area (Å²) in [5.41, 5.74) is 0.733. The number of para-hydroxylation sites is 1. The van der Waals surface area contributed by atoms with Crippen molar-refractivity contribution in [2.75, 3.05) is 32.3 Å². The van der Waals surface area contributed by atoms with E-state index in [9.17, 15) is 9.59 Å². The van der Waals surface area contributed by atoms with Gasteiger partial charge in [0.1, 0.15) is 12.4 Å². The lowest BCUT2D eigenvalue weighted by Crippen LogP contribution is -2.34. The molecule has 2 aromatic rings. The molecule has 0 aliphatic rings. The number of nitrogens with one attached hydrogen (secondary N) is 1. The van der Waals surface area contributed by atoms with Crippen molar-refractivity contribution < 1.29 is 18.7 Å². The van der Waals surface area contributed by atoms with Gasteiger partial charge in [0.2, 0.25) is 5.91 Å². The number of rotatable bonds is 7. The lowest BCUT2D eigenvalue weighted by Gasteiger charge is -2.16. The molecule has 0 aliphatic carbocycles. The maximum absolute atomic E-state index is 12.3. The van der Waals surface area contributed by atoms with Gasteiger partial charge in [0.05, 0.1) is 12.2 Å². The number of hydrogen-bond donors (Lipinski definition) is 1. The van der Waals surface area contributed by atoms with Crippen LogP contribution >= 0.6 is 11.8 Å². The summed E-state index contributed by atoms with van der Waals surface area (Å²) in [7, 11) is 3.10. The number of amides is 2. The van der Waals surface area contributed by atoms with Crippen LogP contribution in [-0.4, -0.2) is 43.7 Å². The van der Waals surface area contributed by atoms with Crippen LogP contribution in [0.3, 0.4) is 0 Å².